The van der Waals surface area contributed by atoms with Crippen LogP contribution in [0.2, 0.25) is 0 Å². The average molecular weight is 371 g/mol. The molecule has 2 bridgehead atoms. The molecule has 5 heteroatoms. The zero-order valence-electron chi connectivity index (χ0n) is 16.2. The van der Waals surface area contributed by atoms with Gasteiger partial charge in [-0.15, -0.1) is 0 Å². The van der Waals surface area contributed by atoms with Crippen LogP contribution in [0.5, 0.6) is 5.75 Å². The maximum atomic E-state index is 12.4. The highest BCUT2D eigenvalue weighted by Gasteiger charge is 2.68. The van der Waals surface area contributed by atoms with Gasteiger partial charge in [0.2, 0.25) is 0 Å². The number of rotatable bonds is 4. The zero-order valence-corrected chi connectivity index (χ0v) is 16.2. The minimum atomic E-state index is -0.877. The molecule has 0 amide bonds. The Labute approximate surface area is 160 Å². The van der Waals surface area contributed by atoms with Crippen molar-refractivity contribution in [3.63, 3.8) is 0 Å². The number of methoxy groups -OCH3 is 2. The van der Waals surface area contributed by atoms with Crippen molar-refractivity contribution < 1.29 is 19.4 Å². The van der Waals surface area contributed by atoms with E-state index in [0.29, 0.717) is 12.8 Å². The summed E-state index contributed by atoms with van der Waals surface area (Å²) in [5, 5.41) is 12.1. The first-order valence-corrected chi connectivity index (χ1v) is 10.2. The predicted molar refractivity (Wildman–Crippen MR) is 101 cm³/mol. The third kappa shape index (κ3) is 2.40. The first kappa shape index (κ1) is 17.5. The van der Waals surface area contributed by atoms with E-state index in [9.17, 15) is 9.90 Å². The Hall–Kier alpha value is -1.59. The Morgan fingerprint density at radius 3 is 2.81 bits per heavy atom. The van der Waals surface area contributed by atoms with Crippen molar-refractivity contribution in [1.29, 1.82) is 0 Å². The molecule has 0 radical (unpaired) electrons. The summed E-state index contributed by atoms with van der Waals surface area (Å²) < 4.78 is 10.6. The van der Waals surface area contributed by atoms with Crippen LogP contribution in [0.4, 0.5) is 0 Å². The second kappa shape index (κ2) is 5.95. The van der Waals surface area contributed by atoms with E-state index in [0.717, 1.165) is 37.6 Å². The van der Waals surface area contributed by atoms with E-state index in [1.165, 1.54) is 31.1 Å². The van der Waals surface area contributed by atoms with Crippen molar-refractivity contribution in [1.82, 2.24) is 4.90 Å². The SMILES string of the molecule is COC(=O)C1C[C@]23CCN(CC4CC4)[C@H](Cc4ccc(OC)cc42)[C@]3(O)C1. The standard InChI is InChI=1S/C22H29NO4/c1-26-17-6-5-15-9-19-22(25)12-16(20(24)27-2)11-21(22,18(15)10-17)7-8-23(19)13-14-3-4-14/h5-6,10,14,16,19,25H,3-4,7-9,11-13H2,1-2H3/t16?,19-,21-,22-/m1/s1. The summed E-state index contributed by atoms with van der Waals surface area (Å²) in [4.78, 5) is 14.9. The highest BCUT2D eigenvalue weighted by Crippen LogP contribution is 2.62. The topological polar surface area (TPSA) is 59.0 Å². The number of fused-ring (bicyclic) bond motifs is 1. The second-order valence-electron chi connectivity index (χ2n) is 9.07. The lowest BCUT2D eigenvalue weighted by molar-refractivity contribution is -0.147. The Morgan fingerprint density at radius 1 is 1.30 bits per heavy atom. The average Bonchev–Trinajstić information content (AvgIpc) is 3.42. The lowest BCUT2D eigenvalue weighted by Gasteiger charge is -2.59. The van der Waals surface area contributed by atoms with E-state index >= 15 is 0 Å². The summed E-state index contributed by atoms with van der Waals surface area (Å²) in [5.74, 6) is 1.19. The molecule has 0 aromatic heterocycles. The van der Waals surface area contributed by atoms with Crippen LogP contribution in [-0.4, -0.2) is 54.9 Å². The molecular weight excluding hydrogens is 342 g/mol. The fourth-order valence-corrected chi connectivity index (χ4v) is 6.28. The van der Waals surface area contributed by atoms with E-state index in [4.69, 9.17) is 9.47 Å². The molecule has 5 nitrogen and oxygen atoms in total. The van der Waals surface area contributed by atoms with Crippen LogP contribution in [-0.2, 0) is 21.4 Å². The third-order valence-corrected chi connectivity index (χ3v) is 7.77. The molecule has 2 saturated carbocycles. The van der Waals surface area contributed by atoms with Gasteiger partial charge < -0.3 is 14.6 Å². The number of aliphatic hydroxyl groups is 1. The minimum Gasteiger partial charge on any atom is -0.497 e. The lowest BCUT2D eigenvalue weighted by atomic mass is 9.56. The fourth-order valence-electron chi connectivity index (χ4n) is 6.28. The molecule has 5 rings (SSSR count). The van der Waals surface area contributed by atoms with E-state index in [1.807, 2.05) is 6.07 Å². The van der Waals surface area contributed by atoms with Crippen LogP contribution >= 0.6 is 0 Å². The number of ether oxygens (including phenoxy) is 2. The summed E-state index contributed by atoms with van der Waals surface area (Å²) in [5.41, 5.74) is 1.24. The highest BCUT2D eigenvalue weighted by molar-refractivity contribution is 5.74. The van der Waals surface area contributed by atoms with Gasteiger partial charge in [0.25, 0.3) is 0 Å². The van der Waals surface area contributed by atoms with Crippen molar-refractivity contribution in [2.24, 2.45) is 11.8 Å². The van der Waals surface area contributed by atoms with Gasteiger partial charge in [-0.05, 0) is 74.2 Å². The minimum absolute atomic E-state index is 0.0856. The number of benzene rings is 1. The summed E-state index contributed by atoms with van der Waals surface area (Å²) >= 11 is 0. The van der Waals surface area contributed by atoms with E-state index < -0.39 is 5.60 Å². The largest absolute Gasteiger partial charge is 0.497 e. The molecule has 146 valence electrons. The van der Waals surface area contributed by atoms with Crippen molar-refractivity contribution in [2.45, 2.75) is 55.6 Å². The number of nitrogens with zero attached hydrogens (tertiary/aromatic N) is 1. The Morgan fingerprint density at radius 2 is 2.11 bits per heavy atom. The monoisotopic (exact) mass is 371 g/mol. The van der Waals surface area contributed by atoms with Gasteiger partial charge in [0.15, 0.2) is 0 Å². The number of carbonyl (C=O) groups is 1. The van der Waals surface area contributed by atoms with Gasteiger partial charge in [0.1, 0.15) is 5.75 Å². The molecule has 1 aromatic carbocycles. The second-order valence-corrected chi connectivity index (χ2v) is 9.07. The van der Waals surface area contributed by atoms with Gasteiger partial charge in [-0.1, -0.05) is 6.07 Å². The van der Waals surface area contributed by atoms with Crippen LogP contribution in [0, 0.1) is 11.8 Å². The molecule has 1 saturated heterocycles. The smallest absolute Gasteiger partial charge is 0.308 e. The van der Waals surface area contributed by atoms with Gasteiger partial charge >= 0.3 is 5.97 Å². The zero-order chi connectivity index (χ0) is 18.8. The van der Waals surface area contributed by atoms with Gasteiger partial charge in [0, 0.05) is 18.0 Å². The molecule has 4 atom stereocenters. The van der Waals surface area contributed by atoms with Crippen molar-refractivity contribution in [3.8, 4) is 5.75 Å². The maximum absolute atomic E-state index is 12.4. The number of hydrogen-bond acceptors (Lipinski definition) is 5. The van der Waals surface area contributed by atoms with Crippen LogP contribution < -0.4 is 4.74 Å². The molecule has 1 heterocycles. The van der Waals surface area contributed by atoms with Gasteiger partial charge in [0.05, 0.1) is 25.7 Å². The summed E-state index contributed by atoms with van der Waals surface area (Å²) in [6.45, 7) is 2.07. The molecule has 1 aliphatic heterocycles. The molecule has 1 unspecified atom stereocenters. The van der Waals surface area contributed by atoms with Crippen LogP contribution in [0.3, 0.4) is 0 Å². The predicted octanol–water partition coefficient (Wildman–Crippen LogP) is 2.29. The molecule has 3 aliphatic carbocycles. The fraction of sp³-hybridized carbons (Fsp3) is 0.682. The van der Waals surface area contributed by atoms with Gasteiger partial charge in [-0.2, -0.15) is 0 Å². The summed E-state index contributed by atoms with van der Waals surface area (Å²) in [6.07, 6.45) is 5.53. The van der Waals surface area contributed by atoms with Crippen LogP contribution in [0.25, 0.3) is 0 Å². The quantitative estimate of drug-likeness (QED) is 0.823. The van der Waals surface area contributed by atoms with Crippen molar-refractivity contribution >= 4 is 5.97 Å². The molecular formula is C22H29NO4. The van der Waals surface area contributed by atoms with Crippen LogP contribution in [0.15, 0.2) is 18.2 Å². The number of carbonyl (C=O) groups excluding carboxylic acids is 1. The Balaban J connectivity index is 1.62. The van der Waals surface area contributed by atoms with Gasteiger partial charge in [-0.3, -0.25) is 9.69 Å². The molecule has 1 N–H and O–H groups in total. The number of hydrogen-bond donors (Lipinski definition) is 1. The van der Waals surface area contributed by atoms with Crippen molar-refractivity contribution in [3.05, 3.63) is 29.3 Å². The molecule has 3 fully saturated rings. The highest BCUT2D eigenvalue weighted by atomic mass is 16.5. The molecule has 1 aromatic rings. The number of likely N-dealkylation sites (tertiary alicyclic amines) is 1. The van der Waals surface area contributed by atoms with E-state index in [-0.39, 0.29) is 23.3 Å². The first-order valence-electron chi connectivity index (χ1n) is 10.2. The molecule has 27 heavy (non-hydrogen) atoms. The Bertz CT molecular complexity index is 776. The lowest BCUT2D eigenvalue weighted by Crippen LogP contribution is -2.69. The third-order valence-electron chi connectivity index (χ3n) is 7.77. The van der Waals surface area contributed by atoms with Gasteiger partial charge in [-0.25, -0.2) is 0 Å². The Kier molecular flexibility index (Phi) is 3.86. The first-order chi connectivity index (χ1) is 13.0. The molecule has 0 spiro atoms. The maximum Gasteiger partial charge on any atom is 0.308 e. The summed E-state index contributed by atoms with van der Waals surface area (Å²) in [6, 6.07) is 6.37. The summed E-state index contributed by atoms with van der Waals surface area (Å²) in [7, 11) is 3.13. The van der Waals surface area contributed by atoms with Crippen molar-refractivity contribution in [2.75, 3.05) is 27.3 Å². The molecule has 4 aliphatic rings. The normalized spacial score (nSPS) is 37.4. The van der Waals surface area contributed by atoms with E-state index in [1.54, 1.807) is 7.11 Å². The van der Waals surface area contributed by atoms with Crippen LogP contribution in [0.1, 0.15) is 43.2 Å². The number of piperidine rings is 1. The number of esters is 1. The van der Waals surface area contributed by atoms with E-state index in [2.05, 4.69) is 17.0 Å².